The molecular formula is C20H25N3O3S. The third kappa shape index (κ3) is 4.48. The van der Waals surface area contributed by atoms with Crippen LogP contribution >= 0.6 is 0 Å². The van der Waals surface area contributed by atoms with Crippen molar-refractivity contribution in [3.63, 3.8) is 0 Å². The van der Waals surface area contributed by atoms with Gasteiger partial charge in [0.05, 0.1) is 10.6 Å². The molecule has 2 aromatic rings. The first kappa shape index (κ1) is 19.4. The van der Waals surface area contributed by atoms with E-state index in [2.05, 4.69) is 17.6 Å². The number of piperidine rings is 1. The Hall–Kier alpha value is -2.38. The van der Waals surface area contributed by atoms with E-state index in [0.29, 0.717) is 17.3 Å². The van der Waals surface area contributed by atoms with E-state index in [1.807, 2.05) is 6.07 Å². The molecule has 1 aliphatic heterocycles. The third-order valence-corrected chi connectivity index (χ3v) is 6.61. The average molecular weight is 388 g/mol. The fraction of sp³-hybridized carbons (Fsp3) is 0.350. The summed E-state index contributed by atoms with van der Waals surface area (Å²) in [6.45, 7) is 2.95. The molecule has 2 unspecified atom stereocenters. The lowest BCUT2D eigenvalue weighted by Crippen LogP contribution is -2.46. The van der Waals surface area contributed by atoms with Gasteiger partial charge in [0.15, 0.2) is 0 Å². The second-order valence-electron chi connectivity index (χ2n) is 6.89. The summed E-state index contributed by atoms with van der Waals surface area (Å²) in [6, 6.07) is 15.5. The summed E-state index contributed by atoms with van der Waals surface area (Å²) in [5.74, 6) is -0.242. The van der Waals surface area contributed by atoms with Gasteiger partial charge in [-0.05, 0) is 56.6 Å². The molecule has 6 nitrogen and oxygen atoms in total. The summed E-state index contributed by atoms with van der Waals surface area (Å²) in [7, 11) is -2.24. The van der Waals surface area contributed by atoms with Gasteiger partial charge < -0.3 is 10.6 Å². The number of hydrogen-bond donors (Lipinski definition) is 2. The Morgan fingerprint density at radius 1 is 1.15 bits per heavy atom. The van der Waals surface area contributed by atoms with Crippen LogP contribution in [0.15, 0.2) is 59.5 Å². The highest BCUT2D eigenvalue weighted by atomic mass is 32.2. The van der Waals surface area contributed by atoms with Crippen molar-refractivity contribution in [1.29, 1.82) is 0 Å². The molecule has 1 saturated heterocycles. The zero-order chi connectivity index (χ0) is 19.4. The lowest BCUT2D eigenvalue weighted by molar-refractivity contribution is 0.0925. The molecule has 1 heterocycles. The van der Waals surface area contributed by atoms with Crippen LogP contribution in [-0.4, -0.2) is 40.0 Å². The maximum Gasteiger partial charge on any atom is 0.264 e. The lowest BCUT2D eigenvalue weighted by atomic mass is 10.0. The molecule has 144 valence electrons. The van der Waals surface area contributed by atoms with Crippen molar-refractivity contribution >= 4 is 21.6 Å². The van der Waals surface area contributed by atoms with Gasteiger partial charge in [0, 0.05) is 24.7 Å². The first-order valence-electron chi connectivity index (χ1n) is 9.06. The minimum atomic E-state index is -3.75. The fourth-order valence-electron chi connectivity index (χ4n) is 3.26. The van der Waals surface area contributed by atoms with E-state index in [4.69, 9.17) is 0 Å². The first-order valence-corrected chi connectivity index (χ1v) is 10.5. The van der Waals surface area contributed by atoms with Crippen LogP contribution in [0.1, 0.15) is 30.1 Å². The van der Waals surface area contributed by atoms with Crippen molar-refractivity contribution in [3.05, 3.63) is 60.2 Å². The Labute approximate surface area is 160 Å². The fourth-order valence-corrected chi connectivity index (χ4v) is 4.51. The van der Waals surface area contributed by atoms with Crippen LogP contribution < -0.4 is 14.9 Å². The monoisotopic (exact) mass is 387 g/mol. The van der Waals surface area contributed by atoms with Crippen LogP contribution in [0, 0.1) is 0 Å². The molecule has 2 aromatic carbocycles. The molecule has 0 aliphatic carbocycles. The van der Waals surface area contributed by atoms with E-state index in [0.717, 1.165) is 19.4 Å². The highest BCUT2D eigenvalue weighted by molar-refractivity contribution is 7.92. The van der Waals surface area contributed by atoms with E-state index in [-0.39, 0.29) is 16.8 Å². The Morgan fingerprint density at radius 2 is 1.89 bits per heavy atom. The van der Waals surface area contributed by atoms with Crippen molar-refractivity contribution in [3.8, 4) is 0 Å². The predicted molar refractivity (Wildman–Crippen MR) is 106 cm³/mol. The van der Waals surface area contributed by atoms with Gasteiger partial charge in [-0.25, -0.2) is 8.42 Å². The number of amides is 1. The zero-order valence-corrected chi connectivity index (χ0v) is 16.4. The van der Waals surface area contributed by atoms with Crippen molar-refractivity contribution in [2.45, 2.75) is 36.7 Å². The standard InChI is InChI=1S/C20H25N3O3S/c1-15-13-17(11-12-21-15)22-20(24)16-7-6-10-19(14-16)27(25,26)23(2)18-8-4-3-5-9-18/h3-10,14-15,17,21H,11-13H2,1-2H3,(H,22,24). The Bertz CT molecular complexity index is 900. The smallest absolute Gasteiger partial charge is 0.264 e. The van der Waals surface area contributed by atoms with Crippen molar-refractivity contribution < 1.29 is 13.2 Å². The minimum absolute atomic E-state index is 0.0974. The number of rotatable bonds is 5. The number of hydrogen-bond acceptors (Lipinski definition) is 4. The number of para-hydroxylation sites is 1. The van der Waals surface area contributed by atoms with Gasteiger partial charge in [0.2, 0.25) is 0 Å². The molecule has 0 spiro atoms. The second-order valence-corrected chi connectivity index (χ2v) is 8.86. The number of nitrogens with one attached hydrogen (secondary N) is 2. The maximum atomic E-state index is 12.9. The number of nitrogens with zero attached hydrogens (tertiary/aromatic N) is 1. The molecule has 0 saturated carbocycles. The van der Waals surface area contributed by atoms with Crippen molar-refractivity contribution in [1.82, 2.24) is 10.6 Å². The van der Waals surface area contributed by atoms with E-state index >= 15 is 0 Å². The molecule has 3 rings (SSSR count). The molecule has 0 aromatic heterocycles. The zero-order valence-electron chi connectivity index (χ0n) is 15.6. The molecule has 27 heavy (non-hydrogen) atoms. The van der Waals surface area contributed by atoms with E-state index < -0.39 is 10.0 Å². The van der Waals surface area contributed by atoms with Crippen LogP contribution in [0.3, 0.4) is 0 Å². The lowest BCUT2D eigenvalue weighted by Gasteiger charge is -2.28. The summed E-state index contributed by atoms with van der Waals surface area (Å²) >= 11 is 0. The van der Waals surface area contributed by atoms with Crippen molar-refractivity contribution in [2.75, 3.05) is 17.9 Å². The summed E-state index contributed by atoms with van der Waals surface area (Å²) in [6.07, 6.45) is 1.73. The van der Waals surface area contributed by atoms with Crippen LogP contribution in [0.25, 0.3) is 0 Å². The first-order chi connectivity index (χ1) is 12.9. The number of anilines is 1. The van der Waals surface area contributed by atoms with Gasteiger partial charge in [-0.3, -0.25) is 9.10 Å². The van der Waals surface area contributed by atoms with E-state index in [9.17, 15) is 13.2 Å². The summed E-state index contributed by atoms with van der Waals surface area (Å²) in [4.78, 5) is 12.7. The topological polar surface area (TPSA) is 78.5 Å². The van der Waals surface area contributed by atoms with Crippen LogP contribution in [0.2, 0.25) is 0 Å². The van der Waals surface area contributed by atoms with Crippen LogP contribution in [0.5, 0.6) is 0 Å². The van der Waals surface area contributed by atoms with Crippen molar-refractivity contribution in [2.24, 2.45) is 0 Å². The van der Waals surface area contributed by atoms with Crippen LogP contribution in [-0.2, 0) is 10.0 Å². The Balaban J connectivity index is 1.79. The van der Waals surface area contributed by atoms with Gasteiger partial charge in [0.25, 0.3) is 15.9 Å². The van der Waals surface area contributed by atoms with Gasteiger partial charge in [-0.2, -0.15) is 0 Å². The Morgan fingerprint density at radius 3 is 2.59 bits per heavy atom. The predicted octanol–water partition coefficient (Wildman–Crippen LogP) is 2.38. The molecule has 2 N–H and O–H groups in total. The van der Waals surface area contributed by atoms with E-state index in [1.54, 1.807) is 36.4 Å². The SMILES string of the molecule is CC1CC(NC(=O)c2cccc(S(=O)(=O)N(C)c3ccccc3)c2)CCN1. The number of benzene rings is 2. The van der Waals surface area contributed by atoms with Gasteiger partial charge in [-0.15, -0.1) is 0 Å². The van der Waals surface area contributed by atoms with Crippen LogP contribution in [0.4, 0.5) is 5.69 Å². The largest absolute Gasteiger partial charge is 0.349 e. The molecule has 0 bridgehead atoms. The third-order valence-electron chi connectivity index (χ3n) is 4.83. The van der Waals surface area contributed by atoms with Gasteiger partial charge >= 0.3 is 0 Å². The second kappa shape index (κ2) is 8.10. The number of carbonyl (C=O) groups is 1. The molecular weight excluding hydrogens is 362 g/mol. The van der Waals surface area contributed by atoms with Gasteiger partial charge in [0.1, 0.15) is 0 Å². The number of carbonyl (C=O) groups excluding carboxylic acids is 1. The molecule has 2 atom stereocenters. The molecule has 1 aliphatic rings. The molecule has 0 radical (unpaired) electrons. The summed E-state index contributed by atoms with van der Waals surface area (Å²) in [5, 5.41) is 6.36. The average Bonchev–Trinajstić information content (AvgIpc) is 2.68. The summed E-state index contributed by atoms with van der Waals surface area (Å²) < 4.78 is 27.1. The summed E-state index contributed by atoms with van der Waals surface area (Å²) in [5.41, 5.74) is 0.916. The highest BCUT2D eigenvalue weighted by Crippen LogP contribution is 2.22. The van der Waals surface area contributed by atoms with Gasteiger partial charge in [-0.1, -0.05) is 24.3 Å². The normalized spacial score (nSPS) is 20.1. The highest BCUT2D eigenvalue weighted by Gasteiger charge is 2.24. The van der Waals surface area contributed by atoms with E-state index in [1.165, 1.54) is 23.5 Å². The Kier molecular flexibility index (Phi) is 5.82. The molecule has 1 amide bonds. The molecule has 1 fully saturated rings. The minimum Gasteiger partial charge on any atom is -0.349 e. The number of sulfonamides is 1. The molecule has 7 heteroatoms. The maximum absolute atomic E-state index is 12.9. The quantitative estimate of drug-likeness (QED) is 0.826.